The molecule has 2 N–H and O–H groups in total. The summed E-state index contributed by atoms with van der Waals surface area (Å²) < 4.78 is 0.657. The number of anilines is 1. The molecule has 0 aliphatic carbocycles. The van der Waals surface area contributed by atoms with Gasteiger partial charge in [-0.25, -0.2) is 9.97 Å². The summed E-state index contributed by atoms with van der Waals surface area (Å²) in [5.41, 5.74) is 0. The third-order valence-corrected chi connectivity index (χ3v) is 4.41. The smallest absolute Gasteiger partial charge is 0.235 e. The van der Waals surface area contributed by atoms with Gasteiger partial charge in [0.2, 0.25) is 5.91 Å². The first-order valence-corrected chi connectivity index (χ1v) is 7.68. The summed E-state index contributed by atoms with van der Waals surface area (Å²) >= 11 is 4.92. The summed E-state index contributed by atoms with van der Waals surface area (Å²) in [7, 11) is 0. The molecule has 2 heterocycles. The van der Waals surface area contributed by atoms with E-state index < -0.39 is 0 Å². The maximum absolute atomic E-state index is 11.7. The molecule has 0 aromatic carbocycles. The highest BCUT2D eigenvalue weighted by atomic mass is 79.9. The minimum atomic E-state index is -0.0184. The molecular formula is C11H15BrN4OS. The molecular weight excluding hydrogens is 316 g/mol. The van der Waals surface area contributed by atoms with E-state index in [2.05, 4.69) is 36.5 Å². The minimum Gasteiger partial charge on any atom is -0.317 e. The molecule has 1 aromatic heterocycles. The van der Waals surface area contributed by atoms with Gasteiger partial charge in [0, 0.05) is 5.25 Å². The molecule has 5 nitrogen and oxygen atoms in total. The number of halogens is 1. The van der Waals surface area contributed by atoms with Crippen molar-refractivity contribution >= 4 is 39.4 Å². The standard InChI is InChI=1S/C11H15BrN4OS/c12-9-5-15-10(6-14-9)16-11(17)7-18-8-1-3-13-4-2-8/h5-6,8,13H,1-4,7H2,(H,15,16,17). The fourth-order valence-electron chi connectivity index (χ4n) is 1.71. The Morgan fingerprint density at radius 2 is 2.22 bits per heavy atom. The predicted octanol–water partition coefficient (Wildman–Crippen LogP) is 1.66. The molecule has 1 aromatic rings. The number of hydrogen-bond acceptors (Lipinski definition) is 5. The van der Waals surface area contributed by atoms with Crippen molar-refractivity contribution in [3.8, 4) is 0 Å². The van der Waals surface area contributed by atoms with Crippen LogP contribution in [0.1, 0.15) is 12.8 Å². The van der Waals surface area contributed by atoms with Crippen LogP contribution in [0.2, 0.25) is 0 Å². The van der Waals surface area contributed by atoms with E-state index in [4.69, 9.17) is 0 Å². The molecule has 0 spiro atoms. The lowest BCUT2D eigenvalue weighted by atomic mass is 10.2. The zero-order valence-corrected chi connectivity index (χ0v) is 12.3. The highest BCUT2D eigenvalue weighted by Gasteiger charge is 2.15. The average molecular weight is 331 g/mol. The number of piperidine rings is 1. The molecule has 1 aliphatic rings. The maximum atomic E-state index is 11.7. The number of nitrogens with zero attached hydrogens (tertiary/aromatic N) is 2. The fourth-order valence-corrected chi connectivity index (χ4v) is 2.94. The van der Waals surface area contributed by atoms with E-state index in [1.165, 1.54) is 6.20 Å². The van der Waals surface area contributed by atoms with Gasteiger partial charge in [-0.1, -0.05) is 0 Å². The lowest BCUT2D eigenvalue weighted by Gasteiger charge is -2.21. The van der Waals surface area contributed by atoms with Gasteiger partial charge in [0.1, 0.15) is 4.60 Å². The normalized spacial score (nSPS) is 16.5. The number of rotatable bonds is 4. The van der Waals surface area contributed by atoms with Crippen LogP contribution in [0.15, 0.2) is 17.0 Å². The molecule has 0 saturated carbocycles. The van der Waals surface area contributed by atoms with E-state index >= 15 is 0 Å². The monoisotopic (exact) mass is 330 g/mol. The molecule has 0 atom stereocenters. The first-order valence-electron chi connectivity index (χ1n) is 5.84. The van der Waals surface area contributed by atoms with Crippen molar-refractivity contribution in [2.45, 2.75) is 18.1 Å². The number of carbonyl (C=O) groups excluding carboxylic acids is 1. The summed E-state index contributed by atoms with van der Waals surface area (Å²) in [5.74, 6) is 0.951. The number of thioether (sulfide) groups is 1. The molecule has 18 heavy (non-hydrogen) atoms. The van der Waals surface area contributed by atoms with Gasteiger partial charge in [-0.3, -0.25) is 4.79 Å². The highest BCUT2D eigenvalue weighted by Crippen LogP contribution is 2.20. The Kier molecular flexibility index (Phi) is 5.40. The van der Waals surface area contributed by atoms with Crippen LogP contribution in [0.3, 0.4) is 0 Å². The van der Waals surface area contributed by atoms with Crippen molar-refractivity contribution < 1.29 is 4.79 Å². The number of nitrogens with one attached hydrogen (secondary N) is 2. The van der Waals surface area contributed by atoms with E-state index in [9.17, 15) is 4.79 Å². The predicted molar refractivity (Wildman–Crippen MR) is 76.7 cm³/mol. The van der Waals surface area contributed by atoms with E-state index in [0.29, 0.717) is 21.4 Å². The maximum Gasteiger partial charge on any atom is 0.235 e. The minimum absolute atomic E-state index is 0.0184. The van der Waals surface area contributed by atoms with Crippen LogP contribution in [0.25, 0.3) is 0 Å². The Bertz CT molecular complexity index is 395. The van der Waals surface area contributed by atoms with Crippen LogP contribution < -0.4 is 10.6 Å². The van der Waals surface area contributed by atoms with E-state index in [1.54, 1.807) is 18.0 Å². The third kappa shape index (κ3) is 4.55. The Hall–Kier alpha value is -0.660. The van der Waals surface area contributed by atoms with Crippen molar-refractivity contribution in [2.75, 3.05) is 24.2 Å². The summed E-state index contributed by atoms with van der Waals surface area (Å²) in [6, 6.07) is 0. The van der Waals surface area contributed by atoms with Crippen LogP contribution in [-0.4, -0.2) is 40.0 Å². The zero-order chi connectivity index (χ0) is 12.8. The molecule has 98 valence electrons. The topological polar surface area (TPSA) is 66.9 Å². The number of carbonyl (C=O) groups is 1. The Balaban J connectivity index is 1.73. The van der Waals surface area contributed by atoms with E-state index in [1.807, 2.05) is 0 Å². The van der Waals surface area contributed by atoms with Crippen molar-refractivity contribution in [1.82, 2.24) is 15.3 Å². The largest absolute Gasteiger partial charge is 0.317 e. The summed E-state index contributed by atoms with van der Waals surface area (Å²) in [6.07, 6.45) is 5.37. The van der Waals surface area contributed by atoms with Gasteiger partial charge < -0.3 is 10.6 Å². The molecule has 0 radical (unpaired) electrons. The lowest BCUT2D eigenvalue weighted by Crippen LogP contribution is -2.30. The van der Waals surface area contributed by atoms with Crippen LogP contribution >= 0.6 is 27.7 Å². The molecule has 2 rings (SSSR count). The highest BCUT2D eigenvalue weighted by molar-refractivity contribution is 9.10. The second-order valence-corrected chi connectivity index (χ2v) is 6.13. The lowest BCUT2D eigenvalue weighted by molar-refractivity contribution is -0.113. The summed E-state index contributed by atoms with van der Waals surface area (Å²) in [6.45, 7) is 2.11. The van der Waals surface area contributed by atoms with Crippen LogP contribution in [0.5, 0.6) is 0 Å². The Labute approximate surface area is 119 Å². The molecule has 7 heteroatoms. The first-order chi connectivity index (χ1) is 8.74. The Morgan fingerprint density at radius 3 is 2.89 bits per heavy atom. The van der Waals surface area contributed by atoms with E-state index in [0.717, 1.165) is 25.9 Å². The van der Waals surface area contributed by atoms with Crippen molar-refractivity contribution in [3.63, 3.8) is 0 Å². The first kappa shape index (κ1) is 13.8. The molecule has 0 unspecified atom stereocenters. The molecule has 0 bridgehead atoms. The second kappa shape index (κ2) is 7.06. The van der Waals surface area contributed by atoms with Crippen LogP contribution in [0.4, 0.5) is 5.82 Å². The summed E-state index contributed by atoms with van der Waals surface area (Å²) in [5, 5.41) is 6.64. The van der Waals surface area contributed by atoms with Crippen molar-refractivity contribution in [3.05, 3.63) is 17.0 Å². The van der Waals surface area contributed by atoms with Gasteiger partial charge in [-0.15, -0.1) is 11.8 Å². The zero-order valence-electron chi connectivity index (χ0n) is 9.86. The second-order valence-electron chi connectivity index (χ2n) is 4.03. The van der Waals surface area contributed by atoms with Crippen molar-refractivity contribution in [1.29, 1.82) is 0 Å². The fraction of sp³-hybridized carbons (Fsp3) is 0.545. The number of amides is 1. The van der Waals surface area contributed by atoms with Gasteiger partial charge in [0.15, 0.2) is 5.82 Å². The summed E-state index contributed by atoms with van der Waals surface area (Å²) in [4.78, 5) is 19.8. The van der Waals surface area contributed by atoms with E-state index in [-0.39, 0.29) is 5.91 Å². The third-order valence-electron chi connectivity index (χ3n) is 2.62. The molecule has 1 amide bonds. The van der Waals surface area contributed by atoms with Crippen LogP contribution in [-0.2, 0) is 4.79 Å². The average Bonchev–Trinajstić information content (AvgIpc) is 2.40. The number of aromatic nitrogens is 2. The number of hydrogen-bond donors (Lipinski definition) is 2. The van der Waals surface area contributed by atoms with Gasteiger partial charge >= 0.3 is 0 Å². The van der Waals surface area contributed by atoms with Gasteiger partial charge in [-0.05, 0) is 41.9 Å². The van der Waals surface area contributed by atoms with Gasteiger partial charge in [-0.2, -0.15) is 0 Å². The quantitative estimate of drug-likeness (QED) is 0.878. The van der Waals surface area contributed by atoms with Crippen molar-refractivity contribution in [2.24, 2.45) is 0 Å². The van der Waals surface area contributed by atoms with Gasteiger partial charge in [0.25, 0.3) is 0 Å². The Morgan fingerprint density at radius 1 is 1.44 bits per heavy atom. The molecule has 1 saturated heterocycles. The van der Waals surface area contributed by atoms with Crippen LogP contribution in [0, 0.1) is 0 Å². The SMILES string of the molecule is O=C(CSC1CCNCC1)Nc1cnc(Br)cn1. The molecule has 1 fully saturated rings. The molecule has 1 aliphatic heterocycles. The van der Waals surface area contributed by atoms with Gasteiger partial charge in [0.05, 0.1) is 18.1 Å².